The number of esters is 1. The zero-order chi connectivity index (χ0) is 29.0. The molecule has 9 heteroatoms. The molecule has 3 heterocycles. The molecule has 0 N–H and O–H groups in total. The number of nitriles is 1. The first-order valence-corrected chi connectivity index (χ1v) is 13.9. The molecule has 0 radical (unpaired) electrons. The fraction of sp³-hybridized carbons (Fsp3) is 0.516. The summed E-state index contributed by atoms with van der Waals surface area (Å²) in [5.41, 5.74) is 3.81. The Morgan fingerprint density at radius 1 is 1.20 bits per heavy atom. The summed E-state index contributed by atoms with van der Waals surface area (Å²) >= 11 is 0. The van der Waals surface area contributed by atoms with Crippen molar-refractivity contribution in [3.8, 4) is 17.5 Å². The summed E-state index contributed by atoms with van der Waals surface area (Å²) in [7, 11) is -0.499. The third-order valence-electron chi connectivity index (χ3n) is 8.20. The van der Waals surface area contributed by atoms with E-state index in [0.717, 1.165) is 35.1 Å². The molecule has 0 unspecified atom stereocenters. The lowest BCUT2D eigenvalue weighted by atomic mass is 9.75. The smallest absolute Gasteiger partial charge is 0.460 e. The first-order chi connectivity index (χ1) is 18.7. The van der Waals surface area contributed by atoms with Gasteiger partial charge in [-0.2, -0.15) is 5.26 Å². The molecule has 40 heavy (non-hydrogen) atoms. The summed E-state index contributed by atoms with van der Waals surface area (Å²) in [6, 6.07) is 12.0. The number of hydrogen-bond donors (Lipinski definition) is 0. The van der Waals surface area contributed by atoms with Gasteiger partial charge in [0.2, 0.25) is 5.89 Å². The van der Waals surface area contributed by atoms with E-state index in [0.29, 0.717) is 35.6 Å². The van der Waals surface area contributed by atoms with Crippen molar-refractivity contribution in [3.05, 3.63) is 47.0 Å². The van der Waals surface area contributed by atoms with E-state index in [1.807, 2.05) is 85.7 Å². The van der Waals surface area contributed by atoms with Gasteiger partial charge in [0.25, 0.3) is 0 Å². The van der Waals surface area contributed by atoms with Crippen molar-refractivity contribution in [3.63, 3.8) is 0 Å². The van der Waals surface area contributed by atoms with E-state index in [9.17, 15) is 10.1 Å². The predicted octanol–water partition coefficient (Wildman–Crippen LogP) is 5.14. The average Bonchev–Trinajstić information content (AvgIpc) is 3.53. The van der Waals surface area contributed by atoms with Gasteiger partial charge in [-0.3, -0.25) is 9.69 Å². The van der Waals surface area contributed by atoms with Crippen LogP contribution in [-0.4, -0.2) is 52.9 Å². The molecule has 5 rings (SSSR count). The maximum absolute atomic E-state index is 12.5. The van der Waals surface area contributed by atoms with Crippen LogP contribution in [0.15, 0.2) is 34.7 Å². The van der Waals surface area contributed by atoms with E-state index in [2.05, 4.69) is 11.0 Å². The van der Waals surface area contributed by atoms with Crippen LogP contribution in [0.25, 0.3) is 22.6 Å². The molecule has 0 aliphatic carbocycles. The van der Waals surface area contributed by atoms with E-state index in [4.69, 9.17) is 23.4 Å². The summed E-state index contributed by atoms with van der Waals surface area (Å²) in [6.07, 6.45) is 0.759. The lowest BCUT2D eigenvalue weighted by Gasteiger charge is -2.32. The van der Waals surface area contributed by atoms with Gasteiger partial charge in [-0.05, 0) is 103 Å². The molecule has 2 aliphatic heterocycles. The molecule has 210 valence electrons. The zero-order valence-corrected chi connectivity index (χ0v) is 24.8. The number of carbonyl (C=O) groups excluding carboxylic acids is 1. The van der Waals surface area contributed by atoms with E-state index < -0.39 is 23.9 Å². The zero-order valence-electron chi connectivity index (χ0n) is 24.8. The van der Waals surface area contributed by atoms with Crippen molar-refractivity contribution in [2.45, 2.75) is 85.2 Å². The number of fused-ring (bicyclic) bond motifs is 1. The molecule has 8 nitrogen and oxygen atoms in total. The molecular weight excluding hydrogens is 505 g/mol. The van der Waals surface area contributed by atoms with Gasteiger partial charge in [-0.25, -0.2) is 4.98 Å². The lowest BCUT2D eigenvalue weighted by Crippen LogP contribution is -2.41. The maximum Gasteiger partial charge on any atom is 0.495 e. The minimum Gasteiger partial charge on any atom is -0.460 e. The predicted molar refractivity (Wildman–Crippen MR) is 154 cm³/mol. The third kappa shape index (κ3) is 5.41. The van der Waals surface area contributed by atoms with Crippen LogP contribution in [0.3, 0.4) is 0 Å². The van der Waals surface area contributed by atoms with Gasteiger partial charge in [0.15, 0.2) is 5.58 Å². The first kappa shape index (κ1) is 28.3. The van der Waals surface area contributed by atoms with Gasteiger partial charge in [-0.15, -0.1) is 0 Å². The van der Waals surface area contributed by atoms with Gasteiger partial charge in [0.1, 0.15) is 17.2 Å². The standard InChI is InChI=1S/C31H38BN3O5/c1-19-23(10-9-11-24(19)32-39-30(5,6)31(7,8)40-32)27-34-25-15-20(14-22(16-33)26(25)37-27)17-35-13-12-21(18-35)28(36)38-29(2,3)4/h9-11,14-15,21H,12-13,17-18H2,1-8H3/t21-/m1/s1. The van der Waals surface area contributed by atoms with Crippen molar-refractivity contribution in [1.82, 2.24) is 9.88 Å². The minimum atomic E-state index is -0.499. The molecule has 2 saturated heterocycles. The van der Waals surface area contributed by atoms with E-state index in [1.54, 1.807) is 0 Å². The van der Waals surface area contributed by atoms with Crippen LogP contribution >= 0.6 is 0 Å². The van der Waals surface area contributed by atoms with Crippen LogP contribution in [0.1, 0.15) is 71.6 Å². The summed E-state index contributed by atoms with van der Waals surface area (Å²) in [5.74, 6) is 0.157. The quantitative estimate of drug-likeness (QED) is 0.323. The number of aromatic nitrogens is 1. The van der Waals surface area contributed by atoms with Gasteiger partial charge in [-0.1, -0.05) is 12.1 Å². The number of likely N-dealkylation sites (tertiary alicyclic amines) is 1. The highest BCUT2D eigenvalue weighted by Gasteiger charge is 2.52. The highest BCUT2D eigenvalue weighted by molar-refractivity contribution is 6.62. The number of benzene rings is 2. The number of nitrogens with zero attached hydrogens (tertiary/aromatic N) is 3. The molecular formula is C31H38BN3O5. The molecule has 2 aromatic carbocycles. The molecule has 1 aromatic heterocycles. The van der Waals surface area contributed by atoms with Gasteiger partial charge >= 0.3 is 13.1 Å². The molecule has 3 aromatic rings. The highest BCUT2D eigenvalue weighted by Crippen LogP contribution is 2.37. The summed E-state index contributed by atoms with van der Waals surface area (Å²) in [6.45, 7) is 17.8. The number of rotatable bonds is 5. The fourth-order valence-electron chi connectivity index (χ4n) is 5.30. The molecule has 2 fully saturated rings. The van der Waals surface area contributed by atoms with E-state index >= 15 is 0 Å². The van der Waals surface area contributed by atoms with Crippen molar-refractivity contribution < 1.29 is 23.3 Å². The summed E-state index contributed by atoms with van der Waals surface area (Å²) in [4.78, 5) is 19.6. The van der Waals surface area contributed by atoms with Gasteiger partial charge < -0.3 is 18.5 Å². The highest BCUT2D eigenvalue weighted by atomic mass is 16.7. The number of oxazole rings is 1. The van der Waals surface area contributed by atoms with Crippen LogP contribution in [0.5, 0.6) is 0 Å². The number of ether oxygens (including phenoxy) is 1. The number of carbonyl (C=O) groups is 1. The van der Waals surface area contributed by atoms with Crippen LogP contribution < -0.4 is 5.46 Å². The topological polar surface area (TPSA) is 97.8 Å². The van der Waals surface area contributed by atoms with Crippen molar-refractivity contribution >= 4 is 29.7 Å². The third-order valence-corrected chi connectivity index (χ3v) is 8.20. The average molecular weight is 543 g/mol. The van der Waals surface area contributed by atoms with Crippen LogP contribution in [-0.2, 0) is 25.4 Å². The Bertz CT molecular complexity index is 1480. The largest absolute Gasteiger partial charge is 0.495 e. The normalized spacial score (nSPS) is 20.7. The van der Waals surface area contributed by atoms with E-state index in [-0.39, 0.29) is 11.9 Å². The van der Waals surface area contributed by atoms with Crippen LogP contribution in [0, 0.1) is 24.2 Å². The Kier molecular flexibility index (Phi) is 7.10. The molecule has 1 atom stereocenters. The molecule has 0 amide bonds. The number of hydrogen-bond acceptors (Lipinski definition) is 8. The molecule has 2 aliphatic rings. The SMILES string of the molecule is Cc1c(B2OC(C)(C)C(C)(C)O2)cccc1-c1nc2cc(CN3CC[C@@H](C(=O)OC(C)(C)C)C3)cc(C#N)c2o1. The lowest BCUT2D eigenvalue weighted by molar-refractivity contribution is -0.159. The van der Waals surface area contributed by atoms with Crippen LogP contribution in [0.2, 0.25) is 0 Å². The fourth-order valence-corrected chi connectivity index (χ4v) is 5.30. The first-order valence-electron chi connectivity index (χ1n) is 13.9. The second kappa shape index (κ2) is 10.0. The van der Waals surface area contributed by atoms with E-state index in [1.165, 1.54) is 0 Å². The Hall–Kier alpha value is -3.19. The monoisotopic (exact) mass is 543 g/mol. The molecule has 0 saturated carbocycles. The Morgan fingerprint density at radius 2 is 1.90 bits per heavy atom. The summed E-state index contributed by atoms with van der Waals surface area (Å²) in [5, 5.41) is 9.92. The second-order valence-electron chi connectivity index (χ2n) is 13.0. The molecule has 0 bridgehead atoms. The minimum absolute atomic E-state index is 0.142. The van der Waals surface area contributed by atoms with Crippen molar-refractivity contribution in [2.75, 3.05) is 13.1 Å². The second-order valence-corrected chi connectivity index (χ2v) is 13.0. The Morgan fingerprint density at radius 3 is 2.55 bits per heavy atom. The van der Waals surface area contributed by atoms with Crippen molar-refractivity contribution in [2.24, 2.45) is 5.92 Å². The van der Waals surface area contributed by atoms with Gasteiger partial charge in [0, 0.05) is 18.7 Å². The van der Waals surface area contributed by atoms with Gasteiger partial charge in [0.05, 0.1) is 22.7 Å². The van der Waals surface area contributed by atoms with Crippen molar-refractivity contribution in [1.29, 1.82) is 5.26 Å². The van der Waals surface area contributed by atoms with Crippen LogP contribution in [0.4, 0.5) is 0 Å². The molecule has 0 spiro atoms. The summed E-state index contributed by atoms with van der Waals surface area (Å²) < 4.78 is 24.4. The maximum atomic E-state index is 12.5. The Balaban J connectivity index is 1.39. The Labute approximate surface area is 236 Å².